The van der Waals surface area contributed by atoms with Crippen LogP contribution in [-0.2, 0) is 0 Å². The lowest BCUT2D eigenvalue weighted by Crippen LogP contribution is -2.10. The number of thiophene rings is 1. The molecule has 3 nitrogen and oxygen atoms in total. The van der Waals surface area contributed by atoms with Gasteiger partial charge >= 0.3 is 0 Å². The average molecular weight is 267 g/mol. The number of hydrogen-bond donors (Lipinski definition) is 1. The maximum atomic E-state index is 13.6. The summed E-state index contributed by atoms with van der Waals surface area (Å²) in [5, 5.41) is 1.87. The zero-order valence-corrected chi connectivity index (χ0v) is 11.0. The molecule has 2 aromatic rings. The molecule has 0 fully saturated rings. The van der Waals surface area contributed by atoms with E-state index in [2.05, 4.69) is 0 Å². The van der Waals surface area contributed by atoms with Crippen molar-refractivity contribution in [3.8, 4) is 11.5 Å². The third kappa shape index (κ3) is 2.47. The molecule has 2 N–H and O–H groups in total. The van der Waals surface area contributed by atoms with Gasteiger partial charge in [-0.1, -0.05) is 6.07 Å². The molecule has 0 radical (unpaired) electrons. The first kappa shape index (κ1) is 12.9. The predicted molar refractivity (Wildman–Crippen MR) is 69.9 cm³/mol. The van der Waals surface area contributed by atoms with Crippen LogP contribution in [0.4, 0.5) is 4.39 Å². The van der Waals surface area contributed by atoms with Gasteiger partial charge in [-0.2, -0.15) is 0 Å². The normalized spacial score (nSPS) is 12.2. The summed E-state index contributed by atoms with van der Waals surface area (Å²) in [6.45, 7) is 0. The second kappa shape index (κ2) is 5.37. The summed E-state index contributed by atoms with van der Waals surface area (Å²) in [6, 6.07) is 6.24. The predicted octanol–water partition coefficient (Wildman–Crippen LogP) is 2.95. The summed E-state index contributed by atoms with van der Waals surface area (Å²) < 4.78 is 23.6. The van der Waals surface area contributed by atoms with Gasteiger partial charge in [-0.25, -0.2) is 4.39 Å². The van der Waals surface area contributed by atoms with E-state index in [-0.39, 0.29) is 11.8 Å². The van der Waals surface area contributed by atoms with Gasteiger partial charge < -0.3 is 15.2 Å². The van der Waals surface area contributed by atoms with Gasteiger partial charge in [0.2, 0.25) is 0 Å². The third-order valence-corrected chi connectivity index (χ3v) is 3.67. The van der Waals surface area contributed by atoms with Crippen LogP contribution in [0.1, 0.15) is 16.5 Å². The standard InChI is InChI=1S/C13H14FNO2S/c1-16-9-6-12(18-7-9)13(15)8-3-4-11(17-2)10(14)5-8/h3-7,13H,15H2,1-2H3. The van der Waals surface area contributed by atoms with E-state index in [1.165, 1.54) is 24.5 Å². The van der Waals surface area contributed by atoms with Gasteiger partial charge in [0.15, 0.2) is 11.6 Å². The number of rotatable bonds is 4. The first-order valence-corrected chi connectivity index (χ1v) is 6.25. The molecule has 96 valence electrons. The van der Waals surface area contributed by atoms with Crippen LogP contribution in [0.3, 0.4) is 0 Å². The molecule has 1 heterocycles. The minimum absolute atomic E-state index is 0.217. The maximum absolute atomic E-state index is 13.6. The number of ether oxygens (including phenoxy) is 2. The van der Waals surface area contributed by atoms with Crippen molar-refractivity contribution in [1.29, 1.82) is 0 Å². The van der Waals surface area contributed by atoms with E-state index < -0.39 is 5.82 Å². The topological polar surface area (TPSA) is 44.5 Å². The molecule has 2 rings (SSSR count). The summed E-state index contributed by atoms with van der Waals surface area (Å²) in [5.41, 5.74) is 6.80. The molecule has 0 spiro atoms. The lowest BCUT2D eigenvalue weighted by atomic mass is 10.1. The Kier molecular flexibility index (Phi) is 3.84. The summed E-state index contributed by atoms with van der Waals surface area (Å²) in [6.07, 6.45) is 0. The van der Waals surface area contributed by atoms with Crippen LogP contribution < -0.4 is 15.2 Å². The van der Waals surface area contributed by atoms with Crippen LogP contribution in [0.2, 0.25) is 0 Å². The monoisotopic (exact) mass is 267 g/mol. The van der Waals surface area contributed by atoms with Gasteiger partial charge in [-0.3, -0.25) is 0 Å². The van der Waals surface area contributed by atoms with Crippen LogP contribution in [0.25, 0.3) is 0 Å². The maximum Gasteiger partial charge on any atom is 0.165 e. The lowest BCUT2D eigenvalue weighted by Gasteiger charge is -2.11. The van der Waals surface area contributed by atoms with Crippen LogP contribution in [0, 0.1) is 5.82 Å². The van der Waals surface area contributed by atoms with E-state index in [0.717, 1.165) is 10.6 Å². The molecule has 18 heavy (non-hydrogen) atoms. The second-order valence-electron chi connectivity index (χ2n) is 3.76. The largest absolute Gasteiger partial charge is 0.496 e. The molecular weight excluding hydrogens is 253 g/mol. The van der Waals surface area contributed by atoms with Crippen LogP contribution >= 0.6 is 11.3 Å². The van der Waals surface area contributed by atoms with Gasteiger partial charge in [0.05, 0.1) is 20.3 Å². The number of hydrogen-bond acceptors (Lipinski definition) is 4. The Balaban J connectivity index is 2.27. The van der Waals surface area contributed by atoms with Gasteiger partial charge in [-0.15, -0.1) is 11.3 Å². The van der Waals surface area contributed by atoms with E-state index in [9.17, 15) is 4.39 Å². The summed E-state index contributed by atoms with van der Waals surface area (Å²) in [4.78, 5) is 0.927. The number of nitrogens with two attached hydrogens (primary N) is 1. The molecule has 0 aliphatic carbocycles. The van der Waals surface area contributed by atoms with Crippen LogP contribution in [0.5, 0.6) is 11.5 Å². The molecule has 0 saturated carbocycles. The lowest BCUT2D eigenvalue weighted by molar-refractivity contribution is 0.386. The minimum atomic E-state index is -0.408. The highest BCUT2D eigenvalue weighted by molar-refractivity contribution is 7.10. The zero-order valence-electron chi connectivity index (χ0n) is 10.1. The van der Waals surface area contributed by atoms with Crippen molar-refractivity contribution in [3.63, 3.8) is 0 Å². The quantitative estimate of drug-likeness (QED) is 0.926. The molecule has 0 bridgehead atoms. The molecule has 0 aliphatic heterocycles. The van der Waals surface area contributed by atoms with E-state index in [0.29, 0.717) is 5.56 Å². The fourth-order valence-electron chi connectivity index (χ4n) is 1.64. The Morgan fingerprint density at radius 2 is 2.00 bits per heavy atom. The van der Waals surface area contributed by atoms with Crippen molar-refractivity contribution < 1.29 is 13.9 Å². The van der Waals surface area contributed by atoms with Gasteiger partial charge in [-0.05, 0) is 23.8 Å². The van der Waals surface area contributed by atoms with Crippen molar-refractivity contribution in [1.82, 2.24) is 0 Å². The summed E-state index contributed by atoms with van der Waals surface area (Å²) in [7, 11) is 3.03. The number of benzene rings is 1. The molecule has 0 saturated heterocycles. The zero-order chi connectivity index (χ0) is 13.1. The second-order valence-corrected chi connectivity index (χ2v) is 4.70. The van der Waals surface area contributed by atoms with Gasteiger partial charge in [0, 0.05) is 10.3 Å². The van der Waals surface area contributed by atoms with Crippen LogP contribution in [-0.4, -0.2) is 14.2 Å². The van der Waals surface area contributed by atoms with Crippen molar-refractivity contribution in [2.45, 2.75) is 6.04 Å². The van der Waals surface area contributed by atoms with Crippen molar-refractivity contribution in [3.05, 3.63) is 45.9 Å². The highest BCUT2D eigenvalue weighted by Gasteiger charge is 2.14. The van der Waals surface area contributed by atoms with Crippen molar-refractivity contribution in [2.75, 3.05) is 14.2 Å². The first-order chi connectivity index (χ1) is 8.65. The van der Waals surface area contributed by atoms with E-state index in [1.54, 1.807) is 19.2 Å². The Labute approximate surface area is 109 Å². The Bertz CT molecular complexity index is 542. The molecular formula is C13H14FNO2S. The molecule has 1 aromatic heterocycles. The highest BCUT2D eigenvalue weighted by Crippen LogP contribution is 2.31. The SMILES string of the molecule is COc1csc(C(N)c2ccc(OC)c(F)c2)c1. The summed E-state index contributed by atoms with van der Waals surface area (Å²) in [5.74, 6) is 0.572. The molecule has 0 aliphatic rings. The van der Waals surface area contributed by atoms with E-state index >= 15 is 0 Å². The molecule has 0 amide bonds. The molecule has 1 atom stereocenters. The third-order valence-electron chi connectivity index (χ3n) is 2.67. The molecule has 1 aromatic carbocycles. The van der Waals surface area contributed by atoms with Gasteiger partial charge in [0.25, 0.3) is 0 Å². The summed E-state index contributed by atoms with van der Waals surface area (Å²) >= 11 is 1.49. The Hall–Kier alpha value is -1.59. The van der Waals surface area contributed by atoms with Crippen molar-refractivity contribution in [2.24, 2.45) is 5.73 Å². The highest BCUT2D eigenvalue weighted by atomic mass is 32.1. The van der Waals surface area contributed by atoms with Crippen LogP contribution in [0.15, 0.2) is 29.6 Å². The smallest absolute Gasteiger partial charge is 0.165 e. The Morgan fingerprint density at radius 1 is 1.22 bits per heavy atom. The average Bonchev–Trinajstić information content (AvgIpc) is 2.86. The molecule has 5 heteroatoms. The van der Waals surface area contributed by atoms with E-state index in [1.807, 2.05) is 11.4 Å². The fraction of sp³-hybridized carbons (Fsp3) is 0.231. The molecule has 1 unspecified atom stereocenters. The van der Waals surface area contributed by atoms with Gasteiger partial charge in [0.1, 0.15) is 5.75 Å². The Morgan fingerprint density at radius 3 is 2.56 bits per heavy atom. The minimum Gasteiger partial charge on any atom is -0.496 e. The van der Waals surface area contributed by atoms with Crippen molar-refractivity contribution >= 4 is 11.3 Å². The first-order valence-electron chi connectivity index (χ1n) is 5.37. The fourth-order valence-corrected chi connectivity index (χ4v) is 2.53. The van der Waals surface area contributed by atoms with E-state index in [4.69, 9.17) is 15.2 Å². The number of methoxy groups -OCH3 is 2. The number of halogens is 1.